The highest BCUT2D eigenvalue weighted by atomic mass is 32.3. The van der Waals surface area contributed by atoms with E-state index in [-0.39, 0.29) is 28.8 Å². The zero-order valence-electron chi connectivity index (χ0n) is 11.1. The highest BCUT2D eigenvalue weighted by Gasteiger charge is 2.19. The zero-order valence-corrected chi connectivity index (χ0v) is 12.0. The van der Waals surface area contributed by atoms with E-state index in [1.54, 1.807) is 0 Å². The summed E-state index contributed by atoms with van der Waals surface area (Å²) in [7, 11) is -5.17. The van der Waals surface area contributed by atoms with Crippen molar-refractivity contribution in [3.8, 4) is 18.1 Å². The first-order valence-electron chi connectivity index (χ1n) is 6.44. The van der Waals surface area contributed by atoms with Gasteiger partial charge in [0.25, 0.3) is 5.91 Å². The normalized spacial score (nSPS) is 15.4. The second kappa shape index (κ2) is 6.14. The number of terminal acetylenes is 1. The largest absolute Gasteiger partial charge is 0.488 e. The van der Waals surface area contributed by atoms with E-state index < -0.39 is 10.5 Å². The summed E-state index contributed by atoms with van der Waals surface area (Å²) in [6.07, 6.45) is 9.16. The minimum absolute atomic E-state index is 0.0984. The van der Waals surface area contributed by atoms with E-state index in [4.69, 9.17) is 6.42 Å². The van der Waals surface area contributed by atoms with Crippen LogP contribution in [-0.4, -0.2) is 20.4 Å². The average molecular weight is 311 g/mol. The van der Waals surface area contributed by atoms with Gasteiger partial charge in [-0.15, -0.1) is 6.42 Å². The Hall–Kier alpha value is -2.07. The number of hydrogen-bond donors (Lipinski definition) is 1. The smallest absolute Gasteiger partial charge is 0.358 e. The Morgan fingerprint density at radius 2 is 2.00 bits per heavy atom. The lowest BCUT2D eigenvalue weighted by Gasteiger charge is -2.12. The second-order valence-corrected chi connectivity index (χ2v) is 5.77. The predicted molar refractivity (Wildman–Crippen MR) is 74.8 cm³/mol. The average Bonchev–Trinajstić information content (AvgIpc) is 2.89. The molecule has 1 saturated carbocycles. The third kappa shape index (κ3) is 4.46. The van der Waals surface area contributed by atoms with E-state index in [0.717, 1.165) is 31.7 Å². The van der Waals surface area contributed by atoms with Crippen LogP contribution in [0, 0.1) is 12.3 Å². The Morgan fingerprint density at radius 3 is 2.57 bits per heavy atom. The third-order valence-electron chi connectivity index (χ3n) is 3.22. The molecule has 1 aliphatic rings. The van der Waals surface area contributed by atoms with Crippen LogP contribution in [0.2, 0.25) is 0 Å². The lowest BCUT2D eigenvalue weighted by Crippen LogP contribution is -2.32. The van der Waals surface area contributed by atoms with Crippen molar-refractivity contribution in [1.82, 2.24) is 5.32 Å². The van der Waals surface area contributed by atoms with Gasteiger partial charge >= 0.3 is 10.5 Å². The first-order chi connectivity index (χ1) is 9.87. The molecule has 1 N–H and O–H groups in total. The first kappa shape index (κ1) is 15.3. The molecule has 0 atom stereocenters. The summed E-state index contributed by atoms with van der Waals surface area (Å²) in [4.78, 5) is 12.1. The maximum atomic E-state index is 12.6. The van der Waals surface area contributed by atoms with Crippen molar-refractivity contribution in [1.29, 1.82) is 0 Å². The van der Waals surface area contributed by atoms with Crippen LogP contribution in [0.5, 0.6) is 5.75 Å². The number of carbonyl (C=O) groups excluding carboxylic acids is 1. The van der Waals surface area contributed by atoms with Crippen molar-refractivity contribution in [3.63, 3.8) is 0 Å². The molecule has 0 aromatic heterocycles. The highest BCUT2D eigenvalue weighted by molar-refractivity contribution is 7.81. The van der Waals surface area contributed by atoms with Gasteiger partial charge in [0.1, 0.15) is 5.75 Å². The molecule has 0 unspecified atom stereocenters. The highest BCUT2D eigenvalue weighted by Crippen LogP contribution is 2.21. The number of benzene rings is 1. The lowest BCUT2D eigenvalue weighted by molar-refractivity contribution is 0.0937. The summed E-state index contributed by atoms with van der Waals surface area (Å²) < 4.78 is 37.7. The molecule has 1 fully saturated rings. The fraction of sp³-hybridized carbons (Fsp3) is 0.357. The number of amides is 1. The number of carbonyl (C=O) groups is 1. The van der Waals surface area contributed by atoms with Gasteiger partial charge < -0.3 is 9.50 Å². The van der Waals surface area contributed by atoms with Gasteiger partial charge in [-0.2, -0.15) is 8.42 Å². The molecule has 2 rings (SSSR count). The van der Waals surface area contributed by atoms with Gasteiger partial charge in [-0.1, -0.05) is 22.6 Å². The quantitative estimate of drug-likeness (QED) is 0.681. The summed E-state index contributed by atoms with van der Waals surface area (Å²) in [5.41, 5.74) is 0.365. The molecule has 1 aliphatic carbocycles. The fourth-order valence-electron chi connectivity index (χ4n) is 2.32. The van der Waals surface area contributed by atoms with Gasteiger partial charge in [0, 0.05) is 17.2 Å². The molecule has 0 bridgehead atoms. The van der Waals surface area contributed by atoms with Crippen LogP contribution in [0.4, 0.5) is 3.89 Å². The first-order valence-corrected chi connectivity index (χ1v) is 7.75. The second-order valence-electron chi connectivity index (χ2n) is 4.82. The van der Waals surface area contributed by atoms with Gasteiger partial charge in [-0.05, 0) is 31.0 Å². The topological polar surface area (TPSA) is 72.5 Å². The van der Waals surface area contributed by atoms with Crippen molar-refractivity contribution >= 4 is 16.4 Å². The molecular weight excluding hydrogens is 297 g/mol. The summed E-state index contributed by atoms with van der Waals surface area (Å²) in [6.45, 7) is 0. The van der Waals surface area contributed by atoms with Crippen LogP contribution in [0.15, 0.2) is 18.2 Å². The van der Waals surface area contributed by atoms with Crippen molar-refractivity contribution in [2.24, 2.45) is 0 Å². The molecule has 0 saturated heterocycles. The molecule has 0 spiro atoms. The summed E-state index contributed by atoms with van der Waals surface area (Å²) in [5.74, 6) is 1.55. The number of hydrogen-bond acceptors (Lipinski definition) is 4. The molecule has 0 heterocycles. The van der Waals surface area contributed by atoms with E-state index in [2.05, 4.69) is 15.4 Å². The number of nitrogens with one attached hydrogen (secondary N) is 1. The minimum atomic E-state index is -5.17. The molecular formula is C14H14FNO4S. The van der Waals surface area contributed by atoms with Crippen LogP contribution < -0.4 is 9.50 Å². The van der Waals surface area contributed by atoms with Crippen molar-refractivity contribution in [2.75, 3.05) is 0 Å². The summed E-state index contributed by atoms with van der Waals surface area (Å²) in [6, 6.07) is 3.83. The molecule has 0 radical (unpaired) electrons. The Balaban J connectivity index is 2.23. The summed E-state index contributed by atoms with van der Waals surface area (Å²) >= 11 is 0. The maximum Gasteiger partial charge on any atom is 0.488 e. The predicted octanol–water partition coefficient (Wildman–Crippen LogP) is 1.93. The van der Waals surface area contributed by atoms with E-state index in [0.29, 0.717) is 0 Å². The van der Waals surface area contributed by atoms with E-state index >= 15 is 0 Å². The van der Waals surface area contributed by atoms with E-state index in [9.17, 15) is 17.1 Å². The molecule has 5 nitrogen and oxygen atoms in total. The molecule has 7 heteroatoms. The van der Waals surface area contributed by atoms with Gasteiger partial charge in [0.15, 0.2) is 0 Å². The Morgan fingerprint density at radius 1 is 1.33 bits per heavy atom. The zero-order chi connectivity index (χ0) is 15.5. The van der Waals surface area contributed by atoms with E-state index in [1.165, 1.54) is 12.1 Å². The maximum absolute atomic E-state index is 12.6. The van der Waals surface area contributed by atoms with Gasteiger partial charge in [0.2, 0.25) is 0 Å². The van der Waals surface area contributed by atoms with Crippen LogP contribution in [0.3, 0.4) is 0 Å². The number of rotatable bonds is 4. The Kier molecular flexibility index (Phi) is 4.48. The van der Waals surface area contributed by atoms with Gasteiger partial charge in [-0.25, -0.2) is 0 Å². The van der Waals surface area contributed by atoms with Crippen LogP contribution >= 0.6 is 0 Å². The van der Waals surface area contributed by atoms with Crippen molar-refractivity contribution in [2.45, 2.75) is 31.7 Å². The van der Waals surface area contributed by atoms with Crippen molar-refractivity contribution in [3.05, 3.63) is 29.3 Å². The van der Waals surface area contributed by atoms with E-state index in [1.807, 2.05) is 0 Å². The monoisotopic (exact) mass is 311 g/mol. The molecule has 21 heavy (non-hydrogen) atoms. The molecule has 0 aliphatic heterocycles. The van der Waals surface area contributed by atoms with Crippen molar-refractivity contribution < 1.29 is 21.3 Å². The van der Waals surface area contributed by atoms with Gasteiger partial charge in [-0.3, -0.25) is 4.79 Å². The minimum Gasteiger partial charge on any atom is -0.358 e. The SMILES string of the molecule is C#Cc1cc(OS(=O)(=O)F)cc(C(=O)NC2CCCC2)c1. The fourth-order valence-corrected chi connectivity index (χ4v) is 2.64. The molecule has 1 amide bonds. The van der Waals surface area contributed by atoms with Crippen LogP contribution in [-0.2, 0) is 10.5 Å². The Bertz CT molecular complexity index is 687. The van der Waals surface area contributed by atoms with Crippen LogP contribution in [0.1, 0.15) is 41.6 Å². The van der Waals surface area contributed by atoms with Crippen LogP contribution in [0.25, 0.3) is 0 Å². The number of halogens is 1. The van der Waals surface area contributed by atoms with Gasteiger partial charge in [0.05, 0.1) is 0 Å². The third-order valence-corrected chi connectivity index (χ3v) is 3.61. The molecule has 1 aromatic rings. The standard InChI is InChI=1S/C14H14FNO4S/c1-2-10-7-11(9-13(8-10)20-21(15,18)19)14(17)16-12-5-3-4-6-12/h1,7-9,12H,3-6H2,(H,16,17). The molecule has 1 aromatic carbocycles. The summed E-state index contributed by atoms with van der Waals surface area (Å²) in [5, 5.41) is 2.83. The lowest BCUT2D eigenvalue weighted by atomic mass is 10.1. The molecule has 112 valence electrons. The Labute approximate surface area is 122 Å².